The summed E-state index contributed by atoms with van der Waals surface area (Å²) in [5, 5.41) is 3.55. The number of amides is 1. The Morgan fingerprint density at radius 3 is 2.43 bits per heavy atom. The van der Waals surface area contributed by atoms with E-state index in [9.17, 15) is 4.79 Å². The van der Waals surface area contributed by atoms with Crippen molar-refractivity contribution in [3.63, 3.8) is 0 Å². The van der Waals surface area contributed by atoms with Crippen LogP contribution in [0.15, 0.2) is 48.5 Å². The van der Waals surface area contributed by atoms with Crippen molar-refractivity contribution in [1.82, 2.24) is 5.32 Å². The van der Waals surface area contributed by atoms with Gasteiger partial charge in [-0.1, -0.05) is 41.4 Å². The van der Waals surface area contributed by atoms with E-state index in [1.54, 1.807) is 0 Å². The average molecular weight is 304 g/mol. The predicted molar refractivity (Wildman–Crippen MR) is 84.8 cm³/mol. The van der Waals surface area contributed by atoms with Gasteiger partial charge in [0.2, 0.25) is 0 Å². The van der Waals surface area contributed by atoms with Gasteiger partial charge >= 0.3 is 0 Å². The van der Waals surface area contributed by atoms with Gasteiger partial charge in [-0.3, -0.25) is 4.79 Å². The lowest BCUT2D eigenvalue weighted by atomic mass is 10.1. The van der Waals surface area contributed by atoms with Crippen molar-refractivity contribution in [3.05, 3.63) is 64.7 Å². The van der Waals surface area contributed by atoms with Crippen LogP contribution >= 0.6 is 11.6 Å². The standard InChI is InChI=1S/C17H18ClNO2/c1-13-2-8-16(9-3-13)21-12-17(20)19-11-10-14-4-6-15(18)7-5-14/h2-9H,10-12H2,1H3,(H,19,20). The molecule has 2 aromatic rings. The summed E-state index contributed by atoms with van der Waals surface area (Å²) in [6.07, 6.45) is 0.771. The molecule has 1 amide bonds. The molecule has 0 unspecified atom stereocenters. The zero-order valence-electron chi connectivity index (χ0n) is 11.9. The van der Waals surface area contributed by atoms with Crippen molar-refractivity contribution in [2.75, 3.05) is 13.2 Å². The summed E-state index contributed by atoms with van der Waals surface area (Å²) < 4.78 is 5.41. The van der Waals surface area contributed by atoms with Crippen LogP contribution in [-0.4, -0.2) is 19.1 Å². The molecular weight excluding hydrogens is 286 g/mol. The van der Waals surface area contributed by atoms with Gasteiger partial charge in [0.25, 0.3) is 5.91 Å². The van der Waals surface area contributed by atoms with Gasteiger partial charge in [-0.05, 0) is 43.2 Å². The molecule has 0 aliphatic rings. The Balaban J connectivity index is 1.67. The van der Waals surface area contributed by atoms with E-state index in [-0.39, 0.29) is 12.5 Å². The molecule has 4 heteroatoms. The first kappa shape index (κ1) is 15.4. The average Bonchev–Trinajstić information content (AvgIpc) is 2.49. The third kappa shape index (κ3) is 5.48. The van der Waals surface area contributed by atoms with E-state index in [1.165, 1.54) is 0 Å². The molecule has 0 aliphatic heterocycles. The number of aryl methyl sites for hydroxylation is 1. The van der Waals surface area contributed by atoms with Crippen LogP contribution in [0.4, 0.5) is 0 Å². The third-order valence-electron chi connectivity index (χ3n) is 3.04. The van der Waals surface area contributed by atoms with Crippen molar-refractivity contribution in [1.29, 1.82) is 0 Å². The van der Waals surface area contributed by atoms with Crippen molar-refractivity contribution in [2.45, 2.75) is 13.3 Å². The number of nitrogens with one attached hydrogen (secondary N) is 1. The lowest BCUT2D eigenvalue weighted by Gasteiger charge is -2.08. The monoisotopic (exact) mass is 303 g/mol. The van der Waals surface area contributed by atoms with Gasteiger partial charge in [0.15, 0.2) is 6.61 Å². The zero-order valence-corrected chi connectivity index (χ0v) is 12.7. The van der Waals surface area contributed by atoms with Crippen LogP contribution in [0.5, 0.6) is 5.75 Å². The van der Waals surface area contributed by atoms with E-state index in [4.69, 9.17) is 16.3 Å². The maximum absolute atomic E-state index is 11.7. The highest BCUT2D eigenvalue weighted by atomic mass is 35.5. The summed E-state index contributed by atoms with van der Waals surface area (Å²) in [6.45, 7) is 2.62. The SMILES string of the molecule is Cc1ccc(OCC(=O)NCCc2ccc(Cl)cc2)cc1. The van der Waals surface area contributed by atoms with Crippen LogP contribution in [0, 0.1) is 6.92 Å². The van der Waals surface area contributed by atoms with Crippen molar-refractivity contribution in [3.8, 4) is 5.75 Å². The minimum Gasteiger partial charge on any atom is -0.484 e. The molecule has 2 aromatic carbocycles. The normalized spacial score (nSPS) is 10.2. The summed E-state index contributed by atoms with van der Waals surface area (Å²) in [5.74, 6) is 0.581. The number of hydrogen-bond acceptors (Lipinski definition) is 2. The molecule has 0 aromatic heterocycles. The first-order valence-corrected chi connectivity index (χ1v) is 7.22. The molecule has 0 saturated carbocycles. The van der Waals surface area contributed by atoms with Crippen LogP contribution < -0.4 is 10.1 Å². The van der Waals surface area contributed by atoms with Crippen LogP contribution in [0.3, 0.4) is 0 Å². The van der Waals surface area contributed by atoms with Crippen molar-refractivity contribution in [2.24, 2.45) is 0 Å². The summed E-state index contributed by atoms with van der Waals surface area (Å²) in [6, 6.07) is 15.2. The van der Waals surface area contributed by atoms with Gasteiger partial charge < -0.3 is 10.1 Å². The third-order valence-corrected chi connectivity index (χ3v) is 3.29. The molecule has 0 spiro atoms. The Hall–Kier alpha value is -2.00. The number of carbonyl (C=O) groups excluding carboxylic acids is 1. The highest BCUT2D eigenvalue weighted by Gasteiger charge is 2.02. The second-order valence-electron chi connectivity index (χ2n) is 4.83. The molecule has 0 bridgehead atoms. The number of rotatable bonds is 6. The van der Waals surface area contributed by atoms with E-state index >= 15 is 0 Å². The lowest BCUT2D eigenvalue weighted by molar-refractivity contribution is -0.123. The van der Waals surface area contributed by atoms with Gasteiger partial charge in [0.05, 0.1) is 0 Å². The second kappa shape index (κ2) is 7.70. The number of ether oxygens (including phenoxy) is 1. The molecule has 3 nitrogen and oxygen atoms in total. The van der Waals surface area contributed by atoms with Gasteiger partial charge in [0, 0.05) is 11.6 Å². The maximum Gasteiger partial charge on any atom is 0.257 e. The number of halogens is 1. The van der Waals surface area contributed by atoms with E-state index in [0.29, 0.717) is 17.3 Å². The topological polar surface area (TPSA) is 38.3 Å². The van der Waals surface area contributed by atoms with Gasteiger partial charge in [-0.25, -0.2) is 0 Å². The van der Waals surface area contributed by atoms with E-state index < -0.39 is 0 Å². The van der Waals surface area contributed by atoms with Crippen molar-refractivity contribution < 1.29 is 9.53 Å². The Bertz CT molecular complexity index is 579. The summed E-state index contributed by atoms with van der Waals surface area (Å²) >= 11 is 5.82. The van der Waals surface area contributed by atoms with E-state index in [2.05, 4.69) is 5.32 Å². The number of carbonyl (C=O) groups is 1. The largest absolute Gasteiger partial charge is 0.484 e. The molecular formula is C17H18ClNO2. The molecule has 1 N–H and O–H groups in total. The lowest BCUT2D eigenvalue weighted by Crippen LogP contribution is -2.30. The summed E-state index contributed by atoms with van der Waals surface area (Å²) in [7, 11) is 0. The molecule has 0 aliphatic carbocycles. The van der Waals surface area contributed by atoms with E-state index in [1.807, 2.05) is 55.5 Å². The van der Waals surface area contributed by atoms with Crippen LogP contribution in [-0.2, 0) is 11.2 Å². The van der Waals surface area contributed by atoms with Gasteiger partial charge in [0.1, 0.15) is 5.75 Å². The van der Waals surface area contributed by atoms with Gasteiger partial charge in [-0.15, -0.1) is 0 Å². The van der Waals surface area contributed by atoms with Crippen LogP contribution in [0.1, 0.15) is 11.1 Å². The summed E-state index contributed by atoms with van der Waals surface area (Å²) in [4.78, 5) is 11.7. The molecule has 21 heavy (non-hydrogen) atoms. The molecule has 0 saturated heterocycles. The summed E-state index contributed by atoms with van der Waals surface area (Å²) in [5.41, 5.74) is 2.30. The fraction of sp³-hybridized carbons (Fsp3) is 0.235. The van der Waals surface area contributed by atoms with Crippen LogP contribution in [0.2, 0.25) is 5.02 Å². The Morgan fingerprint density at radius 1 is 1.10 bits per heavy atom. The van der Waals surface area contributed by atoms with E-state index in [0.717, 1.165) is 17.5 Å². The molecule has 2 rings (SSSR count). The highest BCUT2D eigenvalue weighted by Crippen LogP contribution is 2.11. The highest BCUT2D eigenvalue weighted by molar-refractivity contribution is 6.30. The Labute approximate surface area is 129 Å². The second-order valence-corrected chi connectivity index (χ2v) is 5.26. The molecule has 0 atom stereocenters. The molecule has 0 fully saturated rings. The molecule has 110 valence electrons. The number of benzene rings is 2. The quantitative estimate of drug-likeness (QED) is 0.888. The fourth-order valence-corrected chi connectivity index (χ4v) is 1.96. The minimum absolute atomic E-state index is 0.0314. The van der Waals surface area contributed by atoms with Crippen molar-refractivity contribution >= 4 is 17.5 Å². The molecule has 0 radical (unpaired) electrons. The first-order valence-electron chi connectivity index (χ1n) is 6.84. The predicted octanol–water partition coefficient (Wildman–Crippen LogP) is 3.39. The zero-order chi connectivity index (χ0) is 15.1. The Kier molecular flexibility index (Phi) is 5.64. The maximum atomic E-state index is 11.7. The smallest absolute Gasteiger partial charge is 0.257 e. The molecule has 0 heterocycles. The van der Waals surface area contributed by atoms with Gasteiger partial charge in [-0.2, -0.15) is 0 Å². The minimum atomic E-state index is -0.121. The number of hydrogen-bond donors (Lipinski definition) is 1. The first-order chi connectivity index (χ1) is 10.1. The fourth-order valence-electron chi connectivity index (χ4n) is 1.83. The van der Waals surface area contributed by atoms with Crippen LogP contribution in [0.25, 0.3) is 0 Å². The Morgan fingerprint density at radius 2 is 1.76 bits per heavy atom.